The maximum Gasteiger partial charge on any atom is 0.228 e. The summed E-state index contributed by atoms with van der Waals surface area (Å²) in [5.74, 6) is 0.561. The molecule has 3 aromatic rings. The van der Waals surface area contributed by atoms with Crippen molar-refractivity contribution in [2.45, 2.75) is 31.6 Å². The maximum absolute atomic E-state index is 12.9. The molecule has 0 aliphatic heterocycles. The summed E-state index contributed by atoms with van der Waals surface area (Å²) in [6.07, 6.45) is 1.73. The first kappa shape index (κ1) is 19.6. The van der Waals surface area contributed by atoms with Crippen LogP contribution in [0.3, 0.4) is 0 Å². The largest absolute Gasteiger partial charge is 0.324 e. The summed E-state index contributed by atoms with van der Waals surface area (Å²) >= 11 is 0. The van der Waals surface area contributed by atoms with Crippen molar-refractivity contribution in [1.82, 2.24) is 0 Å². The topological polar surface area (TPSA) is 58.2 Å². The van der Waals surface area contributed by atoms with E-state index in [2.05, 4.69) is 34.9 Å². The molecule has 31 heavy (non-hydrogen) atoms. The lowest BCUT2D eigenvalue weighted by atomic mass is 10.1. The average molecular weight is 411 g/mol. The molecule has 0 spiro atoms. The zero-order valence-electron chi connectivity index (χ0n) is 17.5. The second-order valence-corrected chi connectivity index (χ2v) is 8.75. The Morgan fingerprint density at radius 3 is 1.68 bits per heavy atom. The van der Waals surface area contributed by atoms with Crippen molar-refractivity contribution in [3.8, 4) is 0 Å². The molecule has 4 nitrogen and oxygen atoms in total. The summed E-state index contributed by atoms with van der Waals surface area (Å²) in [4.78, 5) is 25.7. The first-order chi connectivity index (χ1) is 15.1. The zero-order chi connectivity index (χ0) is 21.4. The number of benzene rings is 3. The number of rotatable bonds is 6. The molecule has 2 N–H and O–H groups in total. The minimum Gasteiger partial charge on any atom is -0.324 e. The van der Waals surface area contributed by atoms with Gasteiger partial charge in [-0.05, 0) is 60.4 Å². The smallest absolute Gasteiger partial charge is 0.228 e. The summed E-state index contributed by atoms with van der Waals surface area (Å²) < 4.78 is 0. The van der Waals surface area contributed by atoms with Crippen LogP contribution in [0.1, 0.15) is 41.4 Å². The predicted molar refractivity (Wildman–Crippen MR) is 123 cm³/mol. The van der Waals surface area contributed by atoms with Gasteiger partial charge < -0.3 is 10.6 Å². The van der Waals surface area contributed by atoms with Gasteiger partial charge in [0.15, 0.2) is 0 Å². The number of carbonyl (C=O) groups excluding carboxylic acids is 2. The molecule has 0 bridgehead atoms. The Hall–Kier alpha value is -3.40. The van der Waals surface area contributed by atoms with Crippen LogP contribution in [-0.2, 0) is 9.59 Å². The third-order valence-corrected chi connectivity index (χ3v) is 6.40. The molecular weight excluding hydrogens is 384 g/mol. The lowest BCUT2D eigenvalue weighted by Gasteiger charge is -2.14. The Morgan fingerprint density at radius 1 is 0.677 bits per heavy atom. The molecule has 0 saturated heterocycles. The van der Waals surface area contributed by atoms with Gasteiger partial charge in [0, 0.05) is 11.8 Å². The van der Waals surface area contributed by atoms with Crippen molar-refractivity contribution in [3.63, 3.8) is 0 Å². The molecule has 2 saturated carbocycles. The van der Waals surface area contributed by atoms with Crippen LogP contribution in [0, 0.1) is 18.8 Å². The summed E-state index contributed by atoms with van der Waals surface area (Å²) in [6.45, 7) is 1.98. The van der Waals surface area contributed by atoms with E-state index in [1.807, 2.05) is 61.5 Å². The summed E-state index contributed by atoms with van der Waals surface area (Å²) in [5.41, 5.74) is 4.80. The van der Waals surface area contributed by atoms with Crippen LogP contribution in [0.4, 0.5) is 11.4 Å². The van der Waals surface area contributed by atoms with Crippen LogP contribution in [0.2, 0.25) is 0 Å². The molecule has 156 valence electrons. The highest BCUT2D eigenvalue weighted by Crippen LogP contribution is 2.49. The van der Waals surface area contributed by atoms with E-state index in [0.717, 1.165) is 18.4 Å². The molecule has 0 heterocycles. The lowest BCUT2D eigenvalue weighted by Crippen LogP contribution is -2.19. The fraction of sp³-hybridized carbons (Fsp3) is 0.259. The molecule has 2 aliphatic carbocycles. The number of anilines is 2. The van der Waals surface area contributed by atoms with Crippen molar-refractivity contribution in [2.24, 2.45) is 11.8 Å². The molecule has 4 atom stereocenters. The number of amides is 2. The Kier molecular flexibility index (Phi) is 5.06. The van der Waals surface area contributed by atoms with E-state index < -0.39 is 0 Å². The first-order valence-corrected chi connectivity index (χ1v) is 10.9. The van der Waals surface area contributed by atoms with E-state index in [1.54, 1.807) is 0 Å². The molecule has 0 unspecified atom stereocenters. The summed E-state index contributed by atoms with van der Waals surface area (Å²) in [5, 5.41) is 6.12. The van der Waals surface area contributed by atoms with Crippen LogP contribution in [-0.4, -0.2) is 11.8 Å². The maximum atomic E-state index is 12.9. The van der Waals surface area contributed by atoms with E-state index in [1.165, 1.54) is 11.1 Å². The van der Waals surface area contributed by atoms with Gasteiger partial charge in [0.2, 0.25) is 11.8 Å². The molecule has 0 aromatic heterocycles. The number of hydrogen-bond acceptors (Lipinski definition) is 2. The van der Waals surface area contributed by atoms with Crippen LogP contribution >= 0.6 is 0 Å². The highest BCUT2D eigenvalue weighted by molar-refractivity contribution is 6.02. The molecule has 2 amide bonds. The SMILES string of the molecule is Cc1ccc(NC(=O)[C@@H]2C[C@H]2c2ccccc2)c(NC(=O)[C@@H]2C[C@@H]2c2ccccc2)c1. The standard InChI is InChI=1S/C27H26N2O2/c1-17-12-13-24(28-26(30)22-15-20(22)18-8-4-2-5-9-18)25(14-17)29-27(31)23-16-21(23)19-10-6-3-7-11-19/h2-14,20-23H,15-16H2,1H3,(H,28,30)(H,29,31)/t20-,21+,22+,23+/m0/s1. The summed E-state index contributed by atoms with van der Waals surface area (Å²) in [7, 11) is 0. The van der Waals surface area contributed by atoms with Crippen molar-refractivity contribution < 1.29 is 9.59 Å². The summed E-state index contributed by atoms with van der Waals surface area (Å²) in [6, 6.07) is 26.1. The van der Waals surface area contributed by atoms with E-state index in [4.69, 9.17) is 0 Å². The lowest BCUT2D eigenvalue weighted by molar-refractivity contribution is -0.118. The van der Waals surface area contributed by atoms with Gasteiger partial charge in [-0.15, -0.1) is 0 Å². The molecule has 3 aromatic carbocycles. The van der Waals surface area contributed by atoms with Crippen LogP contribution in [0.15, 0.2) is 78.9 Å². The van der Waals surface area contributed by atoms with E-state index >= 15 is 0 Å². The Labute approximate surface area is 182 Å². The fourth-order valence-corrected chi connectivity index (χ4v) is 4.43. The Balaban J connectivity index is 1.25. The monoisotopic (exact) mass is 410 g/mol. The first-order valence-electron chi connectivity index (χ1n) is 10.9. The van der Waals surface area contributed by atoms with E-state index in [9.17, 15) is 9.59 Å². The second kappa shape index (κ2) is 8.03. The predicted octanol–water partition coefficient (Wildman–Crippen LogP) is 5.48. The van der Waals surface area contributed by atoms with Crippen molar-refractivity contribution in [2.75, 3.05) is 10.6 Å². The van der Waals surface area contributed by atoms with Crippen molar-refractivity contribution in [3.05, 3.63) is 95.6 Å². The van der Waals surface area contributed by atoms with Gasteiger partial charge in [-0.1, -0.05) is 66.7 Å². The molecule has 0 radical (unpaired) electrons. The molecule has 2 aliphatic rings. The van der Waals surface area contributed by atoms with Gasteiger partial charge in [-0.2, -0.15) is 0 Å². The highest BCUT2D eigenvalue weighted by Gasteiger charge is 2.45. The molecule has 5 rings (SSSR count). The zero-order valence-corrected chi connectivity index (χ0v) is 17.5. The minimum atomic E-state index is -0.0163. The van der Waals surface area contributed by atoms with Crippen LogP contribution < -0.4 is 10.6 Å². The van der Waals surface area contributed by atoms with Crippen molar-refractivity contribution in [1.29, 1.82) is 0 Å². The number of carbonyl (C=O) groups is 2. The number of aryl methyl sites for hydroxylation is 1. The highest BCUT2D eigenvalue weighted by atomic mass is 16.2. The Bertz CT molecular complexity index is 1110. The minimum absolute atomic E-state index is 0.0155. The van der Waals surface area contributed by atoms with Gasteiger partial charge in [0.1, 0.15) is 0 Å². The molecular formula is C27H26N2O2. The van der Waals surface area contributed by atoms with Crippen LogP contribution in [0.5, 0.6) is 0 Å². The molecule has 4 heteroatoms. The van der Waals surface area contributed by atoms with Crippen LogP contribution in [0.25, 0.3) is 0 Å². The van der Waals surface area contributed by atoms with Gasteiger partial charge in [0.25, 0.3) is 0 Å². The van der Waals surface area contributed by atoms with Gasteiger partial charge in [-0.3, -0.25) is 9.59 Å². The van der Waals surface area contributed by atoms with Gasteiger partial charge in [-0.25, -0.2) is 0 Å². The quantitative estimate of drug-likeness (QED) is 0.565. The van der Waals surface area contributed by atoms with E-state index in [-0.39, 0.29) is 35.5 Å². The average Bonchev–Trinajstić information content (AvgIpc) is 3.70. The fourth-order valence-electron chi connectivity index (χ4n) is 4.43. The van der Waals surface area contributed by atoms with Gasteiger partial charge >= 0.3 is 0 Å². The third kappa shape index (κ3) is 4.24. The Morgan fingerprint density at radius 2 is 1.16 bits per heavy atom. The van der Waals surface area contributed by atoms with E-state index in [0.29, 0.717) is 11.4 Å². The van der Waals surface area contributed by atoms with Gasteiger partial charge in [0.05, 0.1) is 11.4 Å². The number of hydrogen-bond donors (Lipinski definition) is 2. The molecule has 2 fully saturated rings. The number of nitrogens with one attached hydrogen (secondary N) is 2. The van der Waals surface area contributed by atoms with Crippen molar-refractivity contribution >= 4 is 23.2 Å². The second-order valence-electron chi connectivity index (χ2n) is 8.75. The normalized spacial score (nSPS) is 23.6. The third-order valence-electron chi connectivity index (χ3n) is 6.40.